The summed E-state index contributed by atoms with van der Waals surface area (Å²) in [5, 5.41) is 13.2. The number of aromatic nitrogens is 1. The molecule has 1 aliphatic heterocycles. The molecule has 1 aromatic heterocycles. The van der Waals surface area contributed by atoms with Gasteiger partial charge in [-0.15, -0.1) is 11.3 Å². The summed E-state index contributed by atoms with van der Waals surface area (Å²) in [4.78, 5) is 43.5. The van der Waals surface area contributed by atoms with Gasteiger partial charge in [-0.3, -0.25) is 19.7 Å². The molecule has 1 aliphatic rings. The Hall–Kier alpha value is -4.50. The van der Waals surface area contributed by atoms with Gasteiger partial charge in [0, 0.05) is 17.1 Å². The molecule has 9 heteroatoms. The van der Waals surface area contributed by atoms with Crippen LogP contribution in [0, 0.1) is 0 Å². The van der Waals surface area contributed by atoms with E-state index < -0.39 is 17.7 Å². The zero-order valence-corrected chi connectivity index (χ0v) is 17.8. The molecule has 33 heavy (non-hydrogen) atoms. The lowest BCUT2D eigenvalue weighted by Gasteiger charge is -2.13. The fourth-order valence-electron chi connectivity index (χ4n) is 3.35. The van der Waals surface area contributed by atoms with Crippen LogP contribution in [0.5, 0.6) is 0 Å². The Morgan fingerprint density at radius 1 is 0.848 bits per heavy atom. The molecule has 8 nitrogen and oxygen atoms in total. The summed E-state index contributed by atoms with van der Waals surface area (Å²) in [5.41, 5.74) is 2.41. The molecule has 3 aromatic carbocycles. The van der Waals surface area contributed by atoms with Crippen molar-refractivity contribution in [3.05, 3.63) is 101 Å². The topological polar surface area (TPSA) is 104 Å². The predicted molar refractivity (Wildman–Crippen MR) is 125 cm³/mol. The highest BCUT2D eigenvalue weighted by atomic mass is 32.1. The van der Waals surface area contributed by atoms with Gasteiger partial charge < -0.3 is 0 Å². The van der Waals surface area contributed by atoms with Gasteiger partial charge in [0.15, 0.2) is 5.13 Å². The van der Waals surface area contributed by atoms with E-state index in [0.717, 1.165) is 10.6 Å². The van der Waals surface area contributed by atoms with Crippen molar-refractivity contribution < 1.29 is 14.4 Å². The molecule has 0 radical (unpaired) electrons. The molecule has 0 atom stereocenters. The Morgan fingerprint density at radius 2 is 1.55 bits per heavy atom. The van der Waals surface area contributed by atoms with Crippen LogP contribution < -0.4 is 10.2 Å². The molecule has 1 N–H and O–H groups in total. The van der Waals surface area contributed by atoms with Gasteiger partial charge in [-0.2, -0.15) is 10.2 Å². The Kier molecular flexibility index (Phi) is 5.29. The van der Waals surface area contributed by atoms with E-state index >= 15 is 0 Å². The number of carbonyl (C=O) groups excluding carboxylic acids is 3. The highest BCUT2D eigenvalue weighted by Gasteiger charge is 2.37. The summed E-state index contributed by atoms with van der Waals surface area (Å²) >= 11 is 1.29. The molecule has 0 unspecified atom stereocenters. The molecule has 3 amide bonds. The third-order valence-electron chi connectivity index (χ3n) is 4.95. The molecule has 0 bridgehead atoms. The van der Waals surface area contributed by atoms with Crippen LogP contribution in [0.25, 0.3) is 0 Å². The number of hydrogen-bond acceptors (Lipinski definition) is 7. The Morgan fingerprint density at radius 3 is 2.24 bits per heavy atom. The summed E-state index contributed by atoms with van der Waals surface area (Å²) in [6.45, 7) is 0. The van der Waals surface area contributed by atoms with Crippen molar-refractivity contribution in [1.29, 1.82) is 0 Å². The number of thiazole rings is 1. The smallest absolute Gasteiger partial charge is 0.266 e. The summed E-state index contributed by atoms with van der Waals surface area (Å²) < 4.78 is 0. The minimum absolute atomic E-state index is 0.180. The predicted octanol–water partition coefficient (Wildman–Crippen LogP) is 5.61. The minimum Gasteiger partial charge on any atom is -0.298 e. The van der Waals surface area contributed by atoms with Gasteiger partial charge in [-0.1, -0.05) is 18.2 Å². The van der Waals surface area contributed by atoms with E-state index in [9.17, 15) is 14.4 Å². The van der Waals surface area contributed by atoms with Crippen molar-refractivity contribution in [2.75, 3.05) is 10.2 Å². The maximum Gasteiger partial charge on any atom is 0.266 e. The van der Waals surface area contributed by atoms with Crippen LogP contribution >= 0.6 is 11.3 Å². The number of nitrogens with zero attached hydrogens (tertiary/aromatic N) is 4. The molecule has 160 valence electrons. The zero-order chi connectivity index (χ0) is 22.8. The van der Waals surface area contributed by atoms with Gasteiger partial charge in [0.25, 0.3) is 17.7 Å². The molecule has 2 heterocycles. The average molecular weight is 453 g/mol. The highest BCUT2D eigenvalue weighted by Crippen LogP contribution is 2.31. The van der Waals surface area contributed by atoms with Gasteiger partial charge in [-0.25, -0.2) is 9.88 Å². The highest BCUT2D eigenvalue weighted by molar-refractivity contribution is 7.13. The number of rotatable bonds is 5. The molecule has 0 spiro atoms. The van der Waals surface area contributed by atoms with Crippen LogP contribution in [0.1, 0.15) is 31.1 Å². The van der Waals surface area contributed by atoms with E-state index in [2.05, 4.69) is 20.5 Å². The van der Waals surface area contributed by atoms with Gasteiger partial charge in [0.05, 0.1) is 28.2 Å². The van der Waals surface area contributed by atoms with E-state index in [1.165, 1.54) is 29.5 Å². The summed E-state index contributed by atoms with van der Waals surface area (Å²) in [6, 6.07) is 20.4. The van der Waals surface area contributed by atoms with E-state index in [1.807, 2.05) is 30.3 Å². The lowest BCUT2D eigenvalue weighted by molar-refractivity contribution is 0.0925. The van der Waals surface area contributed by atoms with E-state index in [1.54, 1.807) is 35.8 Å². The van der Waals surface area contributed by atoms with Gasteiger partial charge in [0.1, 0.15) is 0 Å². The molecular formula is C24H15N5O3S. The van der Waals surface area contributed by atoms with E-state index in [4.69, 9.17) is 0 Å². The SMILES string of the molecule is O=C(Nc1nccs1)c1ccc2c(c1)C(=O)N(c1ccc(N=Nc3ccccc3)cc1)C2=O. The van der Waals surface area contributed by atoms with E-state index in [-0.39, 0.29) is 16.7 Å². The number of hydrogen-bond donors (Lipinski definition) is 1. The fraction of sp³-hybridized carbons (Fsp3) is 0. The monoisotopic (exact) mass is 453 g/mol. The van der Waals surface area contributed by atoms with E-state index in [0.29, 0.717) is 16.5 Å². The van der Waals surface area contributed by atoms with Gasteiger partial charge >= 0.3 is 0 Å². The second kappa shape index (κ2) is 8.56. The summed E-state index contributed by atoms with van der Waals surface area (Å²) in [7, 11) is 0. The van der Waals surface area contributed by atoms with Crippen molar-refractivity contribution in [3.8, 4) is 0 Å². The van der Waals surface area contributed by atoms with Crippen LogP contribution in [0.4, 0.5) is 22.2 Å². The first kappa shape index (κ1) is 20.4. The van der Waals surface area contributed by atoms with Crippen LogP contribution in [-0.2, 0) is 0 Å². The Bertz CT molecular complexity index is 1380. The van der Waals surface area contributed by atoms with Crippen molar-refractivity contribution in [1.82, 2.24) is 4.98 Å². The third kappa shape index (κ3) is 4.04. The minimum atomic E-state index is -0.488. The Balaban J connectivity index is 1.36. The maximum atomic E-state index is 13.0. The van der Waals surface area contributed by atoms with Crippen LogP contribution in [0.3, 0.4) is 0 Å². The summed E-state index contributed by atoms with van der Waals surface area (Å²) in [5.74, 6) is -1.34. The number of nitrogens with one attached hydrogen (secondary N) is 1. The number of azo groups is 1. The quantitative estimate of drug-likeness (QED) is 0.313. The summed E-state index contributed by atoms with van der Waals surface area (Å²) in [6.07, 6.45) is 1.58. The maximum absolute atomic E-state index is 13.0. The van der Waals surface area contributed by atoms with Crippen LogP contribution in [0.15, 0.2) is 94.6 Å². The average Bonchev–Trinajstić information content (AvgIpc) is 3.45. The first-order chi connectivity index (χ1) is 16.1. The lowest BCUT2D eigenvalue weighted by Crippen LogP contribution is -2.29. The molecule has 5 rings (SSSR count). The molecule has 0 fully saturated rings. The number of imide groups is 1. The molecular weight excluding hydrogens is 438 g/mol. The largest absolute Gasteiger partial charge is 0.298 e. The molecule has 0 saturated carbocycles. The molecule has 0 saturated heterocycles. The van der Waals surface area contributed by atoms with Gasteiger partial charge in [-0.05, 0) is 54.6 Å². The van der Waals surface area contributed by atoms with Crippen LogP contribution in [0.2, 0.25) is 0 Å². The van der Waals surface area contributed by atoms with Crippen molar-refractivity contribution >= 4 is 51.3 Å². The zero-order valence-electron chi connectivity index (χ0n) is 17.0. The van der Waals surface area contributed by atoms with Gasteiger partial charge in [0.2, 0.25) is 0 Å². The fourth-order valence-corrected chi connectivity index (χ4v) is 3.87. The Labute approximate surface area is 192 Å². The lowest BCUT2D eigenvalue weighted by atomic mass is 10.1. The molecule has 4 aromatic rings. The number of benzene rings is 3. The number of carbonyl (C=O) groups is 3. The normalized spacial score (nSPS) is 12.9. The number of fused-ring (bicyclic) bond motifs is 1. The third-order valence-corrected chi connectivity index (χ3v) is 5.64. The van der Waals surface area contributed by atoms with Crippen molar-refractivity contribution in [2.24, 2.45) is 10.2 Å². The number of amides is 3. The first-order valence-electron chi connectivity index (χ1n) is 9.91. The van der Waals surface area contributed by atoms with Crippen molar-refractivity contribution in [3.63, 3.8) is 0 Å². The second-order valence-corrected chi connectivity index (χ2v) is 7.94. The number of anilines is 2. The standard InChI is InChI=1S/C24H15N5O3S/c30-21(26-24-25-12-13-33-24)15-6-11-19-20(14-15)23(32)29(22(19)31)18-9-7-17(8-10-18)28-27-16-4-2-1-3-5-16/h1-14H,(H,25,26,30). The molecule has 0 aliphatic carbocycles. The van der Waals surface area contributed by atoms with Crippen LogP contribution in [-0.4, -0.2) is 22.7 Å². The first-order valence-corrected chi connectivity index (χ1v) is 10.8. The van der Waals surface area contributed by atoms with Crippen molar-refractivity contribution in [2.45, 2.75) is 0 Å². The second-order valence-electron chi connectivity index (χ2n) is 7.05.